The molecule has 1 aromatic carbocycles. The number of halogens is 2. The Morgan fingerprint density at radius 2 is 2.11 bits per heavy atom. The van der Waals surface area contributed by atoms with Gasteiger partial charge in [0.05, 0.1) is 26.0 Å². The standard InChI is InChI=1S/C14H13Cl2NS2/c1-8-7-12(9-5-6-18-14(9)19-8)17-11-4-2-3-10(15)13(11)16/h2-6,8,12,17H,7H2,1H3/t8-,12?/m0/s1. The van der Waals surface area contributed by atoms with E-state index in [0.717, 1.165) is 12.1 Å². The largest absolute Gasteiger partial charge is 0.377 e. The van der Waals surface area contributed by atoms with Crippen molar-refractivity contribution in [2.24, 2.45) is 0 Å². The Morgan fingerprint density at radius 1 is 1.26 bits per heavy atom. The Balaban J connectivity index is 1.90. The lowest BCUT2D eigenvalue weighted by Crippen LogP contribution is -2.19. The van der Waals surface area contributed by atoms with Crippen molar-refractivity contribution in [2.45, 2.75) is 28.8 Å². The first-order valence-electron chi connectivity index (χ1n) is 6.09. The van der Waals surface area contributed by atoms with Gasteiger partial charge in [-0.25, -0.2) is 0 Å². The summed E-state index contributed by atoms with van der Waals surface area (Å²) in [6.45, 7) is 2.27. The molecule has 1 unspecified atom stereocenters. The highest BCUT2D eigenvalue weighted by Gasteiger charge is 2.26. The summed E-state index contributed by atoms with van der Waals surface area (Å²) in [6, 6.07) is 8.23. The van der Waals surface area contributed by atoms with Gasteiger partial charge in [-0.3, -0.25) is 0 Å². The molecule has 0 amide bonds. The minimum absolute atomic E-state index is 0.313. The maximum atomic E-state index is 6.25. The Labute approximate surface area is 131 Å². The van der Waals surface area contributed by atoms with E-state index in [2.05, 4.69) is 23.7 Å². The third kappa shape index (κ3) is 2.75. The number of anilines is 1. The zero-order valence-electron chi connectivity index (χ0n) is 10.3. The fourth-order valence-corrected chi connectivity index (χ4v) is 5.21. The number of hydrogen-bond donors (Lipinski definition) is 1. The van der Waals surface area contributed by atoms with Crippen LogP contribution in [0.3, 0.4) is 0 Å². The second-order valence-corrected chi connectivity index (χ2v) is 8.03. The zero-order chi connectivity index (χ0) is 13.4. The summed E-state index contributed by atoms with van der Waals surface area (Å²) in [6.07, 6.45) is 1.09. The molecule has 2 aromatic rings. The van der Waals surface area contributed by atoms with Crippen molar-refractivity contribution in [1.29, 1.82) is 0 Å². The average Bonchev–Trinajstić information content (AvgIpc) is 2.83. The van der Waals surface area contributed by atoms with E-state index in [1.165, 1.54) is 9.77 Å². The van der Waals surface area contributed by atoms with Crippen LogP contribution in [0.5, 0.6) is 0 Å². The van der Waals surface area contributed by atoms with Crippen molar-refractivity contribution in [2.75, 3.05) is 5.32 Å². The highest BCUT2D eigenvalue weighted by Crippen LogP contribution is 2.45. The molecule has 2 heterocycles. The first-order valence-corrected chi connectivity index (χ1v) is 8.61. The average molecular weight is 330 g/mol. The molecule has 1 aliphatic rings. The van der Waals surface area contributed by atoms with Crippen LogP contribution in [0.2, 0.25) is 10.0 Å². The number of fused-ring (bicyclic) bond motifs is 1. The van der Waals surface area contributed by atoms with E-state index in [-0.39, 0.29) is 0 Å². The number of thioether (sulfide) groups is 1. The van der Waals surface area contributed by atoms with Gasteiger partial charge >= 0.3 is 0 Å². The van der Waals surface area contributed by atoms with Crippen LogP contribution >= 0.6 is 46.3 Å². The minimum Gasteiger partial charge on any atom is -0.377 e. The lowest BCUT2D eigenvalue weighted by atomic mass is 10.0. The summed E-state index contributed by atoms with van der Waals surface area (Å²) in [7, 11) is 0. The van der Waals surface area contributed by atoms with Crippen LogP contribution in [0.15, 0.2) is 33.9 Å². The molecule has 0 fully saturated rings. The van der Waals surface area contributed by atoms with Crippen LogP contribution in [0.4, 0.5) is 5.69 Å². The Kier molecular flexibility index (Phi) is 3.99. The van der Waals surface area contributed by atoms with Crippen LogP contribution in [0, 0.1) is 0 Å². The lowest BCUT2D eigenvalue weighted by molar-refractivity contribution is 0.670. The van der Waals surface area contributed by atoms with Gasteiger partial charge in [-0.05, 0) is 35.6 Å². The molecular formula is C14H13Cl2NS2. The molecule has 0 radical (unpaired) electrons. The molecule has 0 bridgehead atoms. The molecule has 100 valence electrons. The Morgan fingerprint density at radius 3 is 2.95 bits per heavy atom. The van der Waals surface area contributed by atoms with Crippen LogP contribution in [-0.4, -0.2) is 5.25 Å². The maximum absolute atomic E-state index is 6.25. The molecule has 0 saturated carbocycles. The molecule has 1 N–H and O–H groups in total. The smallest absolute Gasteiger partial charge is 0.0823 e. The number of thiophene rings is 1. The number of benzene rings is 1. The summed E-state index contributed by atoms with van der Waals surface area (Å²) in [4.78, 5) is 0. The summed E-state index contributed by atoms with van der Waals surface area (Å²) in [5, 5.41) is 7.51. The van der Waals surface area contributed by atoms with E-state index in [1.54, 1.807) is 0 Å². The van der Waals surface area contributed by atoms with Gasteiger partial charge in [-0.2, -0.15) is 0 Å². The van der Waals surface area contributed by atoms with E-state index in [4.69, 9.17) is 23.2 Å². The van der Waals surface area contributed by atoms with Gasteiger partial charge in [0, 0.05) is 5.25 Å². The molecule has 0 aliphatic carbocycles. The lowest BCUT2D eigenvalue weighted by Gasteiger charge is -2.28. The molecule has 1 aromatic heterocycles. The summed E-state index contributed by atoms with van der Waals surface area (Å²) in [5.41, 5.74) is 2.29. The van der Waals surface area contributed by atoms with Crippen molar-refractivity contribution in [3.05, 3.63) is 45.3 Å². The fraction of sp³-hybridized carbons (Fsp3) is 0.286. The van der Waals surface area contributed by atoms with E-state index in [9.17, 15) is 0 Å². The van der Waals surface area contributed by atoms with Crippen LogP contribution in [0.25, 0.3) is 0 Å². The van der Waals surface area contributed by atoms with Crippen LogP contribution in [0.1, 0.15) is 24.9 Å². The second-order valence-electron chi connectivity index (χ2n) is 4.63. The SMILES string of the molecule is C[C@H]1CC(Nc2cccc(Cl)c2Cl)c2ccsc2S1. The molecule has 19 heavy (non-hydrogen) atoms. The molecule has 1 aliphatic heterocycles. The van der Waals surface area contributed by atoms with Crippen molar-refractivity contribution < 1.29 is 0 Å². The van der Waals surface area contributed by atoms with E-state index in [0.29, 0.717) is 21.3 Å². The second kappa shape index (κ2) is 5.57. The fourth-order valence-electron chi connectivity index (χ4n) is 2.29. The third-order valence-corrected chi connectivity index (χ3v) is 6.35. The van der Waals surface area contributed by atoms with Gasteiger partial charge in [0.2, 0.25) is 0 Å². The first-order chi connectivity index (χ1) is 9.15. The minimum atomic E-state index is 0.313. The summed E-state index contributed by atoms with van der Waals surface area (Å²) in [5.74, 6) is 0. The predicted molar refractivity (Wildman–Crippen MR) is 87.1 cm³/mol. The van der Waals surface area contributed by atoms with Crippen molar-refractivity contribution >= 4 is 52.0 Å². The van der Waals surface area contributed by atoms with Gasteiger partial charge in [0.1, 0.15) is 0 Å². The molecule has 2 atom stereocenters. The van der Waals surface area contributed by atoms with Crippen LogP contribution < -0.4 is 5.32 Å². The molecular weight excluding hydrogens is 317 g/mol. The van der Waals surface area contributed by atoms with Gasteiger partial charge in [0.25, 0.3) is 0 Å². The molecule has 3 rings (SSSR count). The van der Waals surface area contributed by atoms with Crippen molar-refractivity contribution in [3.8, 4) is 0 Å². The third-order valence-electron chi connectivity index (χ3n) is 3.19. The molecule has 0 spiro atoms. The Bertz CT molecular complexity index is 597. The van der Waals surface area contributed by atoms with Gasteiger partial charge < -0.3 is 5.32 Å². The first kappa shape index (κ1) is 13.6. The monoisotopic (exact) mass is 329 g/mol. The number of rotatable bonds is 2. The molecule has 1 nitrogen and oxygen atoms in total. The van der Waals surface area contributed by atoms with E-state index >= 15 is 0 Å². The topological polar surface area (TPSA) is 12.0 Å². The Hall–Kier alpha value is -0.350. The summed E-state index contributed by atoms with van der Waals surface area (Å²) >= 11 is 16.1. The highest BCUT2D eigenvalue weighted by atomic mass is 35.5. The van der Waals surface area contributed by atoms with E-state index in [1.807, 2.05) is 41.3 Å². The molecule has 5 heteroatoms. The number of hydrogen-bond acceptors (Lipinski definition) is 3. The van der Waals surface area contributed by atoms with Crippen LogP contribution in [-0.2, 0) is 0 Å². The van der Waals surface area contributed by atoms with Crippen molar-refractivity contribution in [1.82, 2.24) is 0 Å². The molecule has 0 saturated heterocycles. The normalized spacial score (nSPS) is 22.1. The van der Waals surface area contributed by atoms with Crippen molar-refractivity contribution in [3.63, 3.8) is 0 Å². The predicted octanol–water partition coefficient (Wildman–Crippen LogP) is 6.09. The van der Waals surface area contributed by atoms with Gasteiger partial charge in [0.15, 0.2) is 0 Å². The quantitative estimate of drug-likeness (QED) is 0.715. The zero-order valence-corrected chi connectivity index (χ0v) is 13.5. The van der Waals surface area contributed by atoms with Gasteiger partial charge in [-0.15, -0.1) is 23.1 Å². The summed E-state index contributed by atoms with van der Waals surface area (Å²) < 4.78 is 1.41. The number of nitrogens with one attached hydrogen (secondary N) is 1. The van der Waals surface area contributed by atoms with Gasteiger partial charge in [-0.1, -0.05) is 36.2 Å². The maximum Gasteiger partial charge on any atom is 0.0823 e. The highest BCUT2D eigenvalue weighted by molar-refractivity contribution is 8.01. The van der Waals surface area contributed by atoms with E-state index < -0.39 is 0 Å².